The van der Waals surface area contributed by atoms with Crippen molar-refractivity contribution < 1.29 is 33.0 Å². The molecule has 0 aliphatic heterocycles. The van der Waals surface area contributed by atoms with E-state index in [1.54, 1.807) is 20.8 Å². The highest BCUT2D eigenvalue weighted by Crippen LogP contribution is 2.37. The van der Waals surface area contributed by atoms with Gasteiger partial charge in [-0.05, 0) is 61.6 Å². The fourth-order valence-corrected chi connectivity index (χ4v) is 5.10. The molecular weight excluding hydrogens is 592 g/mol. The number of aromatic hydroxyl groups is 1. The zero-order valence-corrected chi connectivity index (χ0v) is 25.8. The molecule has 0 aliphatic rings. The van der Waals surface area contributed by atoms with Crippen LogP contribution in [0.25, 0.3) is 0 Å². The molecule has 0 saturated heterocycles. The zero-order valence-electron chi connectivity index (χ0n) is 25.8. The van der Waals surface area contributed by atoms with Gasteiger partial charge in [-0.1, -0.05) is 91.0 Å². The Labute approximate surface area is 266 Å². The van der Waals surface area contributed by atoms with Crippen LogP contribution in [-0.2, 0) is 26.3 Å². The number of rotatable bonds is 11. The summed E-state index contributed by atoms with van der Waals surface area (Å²) < 4.78 is 32.9. The molecule has 0 unspecified atom stereocenters. The smallest absolute Gasteiger partial charge is 0.408 e. The highest BCUT2D eigenvalue weighted by atomic mass is 19.1. The molecule has 4 rings (SSSR count). The van der Waals surface area contributed by atoms with Crippen LogP contribution in [0.4, 0.5) is 13.6 Å². The minimum absolute atomic E-state index is 0.0182. The number of alkyl carbamates (subject to hydrolysis) is 1. The molecule has 4 N–H and O–H groups in total. The number of phenols is 1. The normalized spacial score (nSPS) is 12.1. The van der Waals surface area contributed by atoms with E-state index in [1.807, 2.05) is 91.0 Å². The molecule has 240 valence electrons. The molecule has 4 aromatic rings. The van der Waals surface area contributed by atoms with Gasteiger partial charge in [-0.3, -0.25) is 9.59 Å². The highest BCUT2D eigenvalue weighted by Gasteiger charge is 2.39. The van der Waals surface area contributed by atoms with E-state index in [0.717, 1.165) is 28.8 Å². The summed E-state index contributed by atoms with van der Waals surface area (Å²) in [4.78, 5) is 40.1. The first-order chi connectivity index (χ1) is 21.9. The van der Waals surface area contributed by atoms with E-state index in [4.69, 9.17) is 4.74 Å². The van der Waals surface area contributed by atoms with Crippen molar-refractivity contribution in [2.45, 2.75) is 50.8 Å². The first-order valence-corrected chi connectivity index (χ1v) is 14.8. The van der Waals surface area contributed by atoms with E-state index in [-0.39, 0.29) is 18.5 Å². The highest BCUT2D eigenvalue weighted by molar-refractivity contribution is 5.91. The average molecular weight is 630 g/mol. The average Bonchev–Trinajstić information content (AvgIpc) is 3.02. The second kappa shape index (κ2) is 14.7. The van der Waals surface area contributed by atoms with Crippen LogP contribution in [0.15, 0.2) is 103 Å². The van der Waals surface area contributed by atoms with Crippen molar-refractivity contribution >= 4 is 17.9 Å². The molecule has 3 amide bonds. The van der Waals surface area contributed by atoms with Gasteiger partial charge in [0.2, 0.25) is 11.8 Å². The van der Waals surface area contributed by atoms with Crippen LogP contribution in [0, 0.1) is 11.6 Å². The Morgan fingerprint density at radius 2 is 1.24 bits per heavy atom. The molecule has 0 fully saturated rings. The van der Waals surface area contributed by atoms with E-state index >= 15 is 0 Å². The molecular formula is C36H37F2N3O5. The Hall–Kier alpha value is -5.25. The van der Waals surface area contributed by atoms with Crippen molar-refractivity contribution in [1.82, 2.24) is 16.0 Å². The Balaban J connectivity index is 1.62. The summed E-state index contributed by atoms with van der Waals surface area (Å²) in [6, 6.07) is 28.8. The third-order valence-electron chi connectivity index (χ3n) is 7.13. The lowest BCUT2D eigenvalue weighted by molar-refractivity contribution is -0.129. The number of amides is 3. The Morgan fingerprint density at radius 3 is 1.67 bits per heavy atom. The van der Waals surface area contributed by atoms with Crippen LogP contribution >= 0.6 is 0 Å². The molecule has 0 saturated carbocycles. The number of phenolic OH excluding ortho intramolecular Hbond substituents is 1. The monoisotopic (exact) mass is 629 g/mol. The standard InChI is InChI=1S/C36H37F2N3O5/c1-35(2,3)46-34(45)40-30(33(44)39-20-19-24-21-28(37)32(43)29(38)22-24)23-31(42)41-36(25-13-7-4-8-14-25,26-15-9-5-10-16-26)27-17-11-6-12-18-27/h4-18,21-22,30,43H,19-20,23H2,1-3H3,(H,39,44)(H,40,45)(H,41,42)/t30-/m1/s1. The van der Waals surface area contributed by atoms with Crippen molar-refractivity contribution in [2.24, 2.45) is 0 Å². The van der Waals surface area contributed by atoms with Gasteiger partial charge in [0.25, 0.3) is 0 Å². The summed E-state index contributed by atoms with van der Waals surface area (Å²) in [6.45, 7) is 4.92. The Kier molecular flexibility index (Phi) is 10.7. The van der Waals surface area contributed by atoms with Gasteiger partial charge in [0.05, 0.1) is 6.42 Å². The van der Waals surface area contributed by atoms with Gasteiger partial charge >= 0.3 is 6.09 Å². The zero-order chi connectivity index (χ0) is 33.3. The van der Waals surface area contributed by atoms with Crippen LogP contribution in [-0.4, -0.2) is 41.2 Å². The van der Waals surface area contributed by atoms with Crippen molar-refractivity contribution in [1.29, 1.82) is 0 Å². The molecule has 0 spiro atoms. The molecule has 0 radical (unpaired) electrons. The predicted octanol–water partition coefficient (Wildman–Crippen LogP) is 5.72. The second-order valence-electron chi connectivity index (χ2n) is 11.7. The van der Waals surface area contributed by atoms with E-state index in [9.17, 15) is 28.3 Å². The molecule has 4 aromatic carbocycles. The van der Waals surface area contributed by atoms with Crippen LogP contribution < -0.4 is 16.0 Å². The lowest BCUT2D eigenvalue weighted by Gasteiger charge is -2.37. The van der Waals surface area contributed by atoms with Gasteiger partial charge in [0.15, 0.2) is 17.4 Å². The first kappa shape index (κ1) is 33.6. The van der Waals surface area contributed by atoms with E-state index in [2.05, 4.69) is 16.0 Å². The fourth-order valence-electron chi connectivity index (χ4n) is 5.10. The van der Waals surface area contributed by atoms with Crippen molar-refractivity contribution in [3.8, 4) is 5.75 Å². The number of nitrogens with one attached hydrogen (secondary N) is 3. The lowest BCUT2D eigenvalue weighted by Crippen LogP contribution is -2.53. The third kappa shape index (κ3) is 8.47. The summed E-state index contributed by atoms with van der Waals surface area (Å²) in [5.41, 5.74) is 0.492. The maximum atomic E-state index is 14.0. The van der Waals surface area contributed by atoms with Gasteiger partial charge in [-0.2, -0.15) is 0 Å². The molecule has 0 aliphatic carbocycles. The number of ether oxygens (including phenoxy) is 1. The first-order valence-electron chi connectivity index (χ1n) is 14.8. The molecule has 8 nitrogen and oxygen atoms in total. The number of hydrogen-bond donors (Lipinski definition) is 4. The van der Waals surface area contributed by atoms with E-state index in [1.165, 1.54) is 0 Å². The van der Waals surface area contributed by atoms with Crippen LogP contribution in [0.2, 0.25) is 0 Å². The van der Waals surface area contributed by atoms with E-state index < -0.39 is 58.9 Å². The van der Waals surface area contributed by atoms with Crippen molar-refractivity contribution in [3.05, 3.63) is 137 Å². The van der Waals surface area contributed by atoms with Gasteiger partial charge in [-0.15, -0.1) is 0 Å². The third-order valence-corrected chi connectivity index (χ3v) is 7.13. The SMILES string of the molecule is CC(C)(C)OC(=O)N[C@H](CC(=O)NC(c1ccccc1)(c1ccccc1)c1ccccc1)C(=O)NCCc1cc(F)c(O)c(F)c1. The number of carbonyl (C=O) groups is 3. The molecule has 0 heterocycles. The van der Waals surface area contributed by atoms with Gasteiger partial charge in [-0.25, -0.2) is 13.6 Å². The van der Waals surface area contributed by atoms with E-state index in [0.29, 0.717) is 0 Å². The van der Waals surface area contributed by atoms with Gasteiger partial charge in [0.1, 0.15) is 17.2 Å². The molecule has 0 bridgehead atoms. The molecule has 1 atom stereocenters. The Bertz CT molecular complexity index is 1530. The van der Waals surface area contributed by atoms with Gasteiger partial charge < -0.3 is 25.8 Å². The number of hydrogen-bond acceptors (Lipinski definition) is 5. The minimum Gasteiger partial charge on any atom is -0.503 e. The van der Waals surface area contributed by atoms with Crippen LogP contribution in [0.5, 0.6) is 5.75 Å². The number of benzene rings is 4. The maximum absolute atomic E-state index is 14.0. The maximum Gasteiger partial charge on any atom is 0.408 e. The number of carbonyl (C=O) groups excluding carboxylic acids is 3. The predicted molar refractivity (Wildman–Crippen MR) is 170 cm³/mol. The van der Waals surface area contributed by atoms with Crippen LogP contribution in [0.1, 0.15) is 49.4 Å². The summed E-state index contributed by atoms with van der Waals surface area (Å²) in [5, 5.41) is 17.6. The Morgan fingerprint density at radius 1 is 0.783 bits per heavy atom. The van der Waals surface area contributed by atoms with Gasteiger partial charge in [0, 0.05) is 6.54 Å². The lowest BCUT2D eigenvalue weighted by atomic mass is 9.77. The van der Waals surface area contributed by atoms with Crippen molar-refractivity contribution in [2.75, 3.05) is 6.54 Å². The molecule has 10 heteroatoms. The second-order valence-corrected chi connectivity index (χ2v) is 11.7. The molecule has 0 aromatic heterocycles. The number of halogens is 2. The molecule has 46 heavy (non-hydrogen) atoms. The quantitative estimate of drug-likeness (QED) is 0.158. The summed E-state index contributed by atoms with van der Waals surface area (Å²) >= 11 is 0. The minimum atomic E-state index is -1.36. The van der Waals surface area contributed by atoms with Crippen LogP contribution in [0.3, 0.4) is 0 Å². The topological polar surface area (TPSA) is 117 Å². The summed E-state index contributed by atoms with van der Waals surface area (Å²) in [7, 11) is 0. The fraction of sp³-hybridized carbons (Fsp3) is 0.250. The largest absolute Gasteiger partial charge is 0.503 e. The summed E-state index contributed by atoms with van der Waals surface area (Å²) in [6.07, 6.45) is -1.34. The summed E-state index contributed by atoms with van der Waals surface area (Å²) in [5.74, 6) is -4.58. The van der Waals surface area contributed by atoms with Crippen molar-refractivity contribution in [3.63, 3.8) is 0 Å².